The molecule has 1 aromatic carbocycles. The molecule has 0 spiro atoms. The smallest absolute Gasteiger partial charge is 0.404 e. The first kappa shape index (κ1) is 13.4. The maximum Gasteiger partial charge on any atom is 0.404 e. The van der Waals surface area contributed by atoms with Crippen molar-refractivity contribution in [3.63, 3.8) is 0 Å². The Morgan fingerprint density at radius 1 is 1.41 bits per heavy atom. The number of amides is 1. The van der Waals surface area contributed by atoms with Gasteiger partial charge in [0.25, 0.3) is 0 Å². The summed E-state index contributed by atoms with van der Waals surface area (Å²) >= 11 is 0. The molecule has 0 heterocycles. The number of nitrogens with two attached hydrogens (primary N) is 1. The average Bonchev–Trinajstić information content (AvgIpc) is 2.43. The molecule has 0 aromatic heterocycles. The van der Waals surface area contributed by atoms with Gasteiger partial charge in [0.05, 0.1) is 14.0 Å². The molecule has 11 heteroatoms. The van der Waals surface area contributed by atoms with Crippen molar-refractivity contribution in [3.05, 3.63) is 24.3 Å². The van der Waals surface area contributed by atoms with Gasteiger partial charge in [-0.05, 0) is 12.1 Å². The number of para-hydroxylation sites is 2. The van der Waals surface area contributed by atoms with Crippen LogP contribution in [-0.4, -0.2) is 74.9 Å². The first-order chi connectivity index (χ1) is 11.7. The molecule has 1 radical (unpaired) electrons. The molecule has 1 unspecified atom stereocenters. The summed E-state index contributed by atoms with van der Waals surface area (Å²) in [5.41, 5.74) is 4.65. The number of benzene rings is 1. The van der Waals surface area contributed by atoms with E-state index in [-0.39, 0.29) is 41.1 Å². The summed E-state index contributed by atoms with van der Waals surface area (Å²) in [5.74, 6) is -0.424. The number of rotatable bonds is 8. The van der Waals surface area contributed by atoms with Crippen LogP contribution >= 0.6 is 0 Å². The van der Waals surface area contributed by atoms with Crippen LogP contribution in [0.4, 0.5) is 4.79 Å². The quantitative estimate of drug-likeness (QED) is 0.494. The fourth-order valence-electron chi connectivity index (χ4n) is 1.06. The summed E-state index contributed by atoms with van der Waals surface area (Å²) in [4.78, 5) is 10.8. The van der Waals surface area contributed by atoms with Crippen molar-refractivity contribution in [3.8, 4) is 11.5 Å². The largest absolute Gasteiger partial charge is 0.493 e. The van der Waals surface area contributed by atoms with Gasteiger partial charge in [0.1, 0.15) is 19.2 Å². The average molecular weight is 349 g/mol. The molecule has 1 aromatic rings. The van der Waals surface area contributed by atoms with Crippen molar-refractivity contribution in [1.82, 2.24) is 0 Å². The molecule has 1 rings (SSSR count). The second kappa shape index (κ2) is 9.87. The molecule has 0 aliphatic rings. The van der Waals surface area contributed by atoms with E-state index in [4.69, 9.17) is 20.9 Å². The van der Waals surface area contributed by atoms with Crippen molar-refractivity contribution < 1.29 is 43.0 Å². The predicted molar refractivity (Wildman–Crippen MR) is 76.2 cm³/mol. The van der Waals surface area contributed by atoms with Crippen LogP contribution in [0.5, 0.6) is 11.5 Å². The summed E-state index contributed by atoms with van der Waals surface area (Å²) in [6.07, 6.45) is -5.78. The van der Waals surface area contributed by atoms with Gasteiger partial charge in [0, 0.05) is 29.6 Å². The van der Waals surface area contributed by atoms with Crippen LogP contribution in [0.2, 0.25) is 0 Å². The van der Waals surface area contributed by atoms with Crippen LogP contribution < -0.4 is 15.2 Å². The molecule has 0 saturated heterocycles. The van der Waals surface area contributed by atoms with Crippen LogP contribution in [0.1, 0.15) is 6.85 Å². The Balaban J connectivity index is 0.00000676. The monoisotopic (exact) mass is 349 g/mol. The Bertz CT molecular complexity index is 780. The molecule has 0 fully saturated rings. The summed E-state index contributed by atoms with van der Waals surface area (Å²) in [7, 11) is -4.40. The van der Waals surface area contributed by atoms with Gasteiger partial charge in [0.2, 0.25) is 0 Å². The molecule has 22 heavy (non-hydrogen) atoms. The SMILES string of the molecule is [2H]C([2H])(OC(N)=O)C([2H])(OS(=O)(=O)O)C([2H])([2H])Oc1ccccc1OC.[Na]. The van der Waals surface area contributed by atoms with E-state index in [9.17, 15) is 13.2 Å². The third kappa shape index (κ3) is 8.41. The summed E-state index contributed by atoms with van der Waals surface area (Å²) in [5, 5.41) is 0. The Labute approximate surface area is 156 Å². The Morgan fingerprint density at radius 2 is 2.00 bits per heavy atom. The van der Waals surface area contributed by atoms with Crippen LogP contribution in [-0.2, 0) is 19.3 Å². The van der Waals surface area contributed by atoms with E-state index < -0.39 is 35.7 Å². The van der Waals surface area contributed by atoms with Gasteiger partial charge in [0.15, 0.2) is 11.5 Å². The minimum Gasteiger partial charge on any atom is -0.493 e. The molecule has 0 aliphatic carbocycles. The second-order valence-corrected chi connectivity index (χ2v) is 4.24. The van der Waals surface area contributed by atoms with Gasteiger partial charge < -0.3 is 19.9 Å². The van der Waals surface area contributed by atoms with E-state index in [0.717, 1.165) is 6.07 Å². The second-order valence-electron chi connectivity index (χ2n) is 3.22. The molecule has 9 nitrogen and oxygen atoms in total. The molecule has 0 aliphatic heterocycles. The summed E-state index contributed by atoms with van der Waals surface area (Å²) in [6.45, 7) is -7.48. The van der Waals surface area contributed by atoms with Crippen LogP contribution in [0, 0.1) is 0 Å². The molecule has 1 atom stereocenters. The molecular weight excluding hydrogens is 329 g/mol. The van der Waals surface area contributed by atoms with Gasteiger partial charge in [-0.15, -0.1) is 0 Å². The normalized spacial score (nSPS) is 18.0. The maximum atomic E-state index is 11.0. The number of carbonyl (C=O) groups excluding carboxylic acids is 1. The van der Waals surface area contributed by atoms with Crippen LogP contribution in [0.3, 0.4) is 0 Å². The molecule has 0 saturated carbocycles. The molecular formula is C11H15NNaO8S. The van der Waals surface area contributed by atoms with Gasteiger partial charge >= 0.3 is 16.5 Å². The van der Waals surface area contributed by atoms with E-state index in [1.54, 1.807) is 0 Å². The zero-order valence-electron chi connectivity index (χ0n) is 16.6. The van der Waals surface area contributed by atoms with E-state index in [0.29, 0.717) is 0 Å². The fourth-order valence-corrected chi connectivity index (χ4v) is 1.34. The van der Waals surface area contributed by atoms with Gasteiger partial charge in [-0.1, -0.05) is 12.1 Å². The Hall–Kier alpha value is -1.04. The van der Waals surface area contributed by atoms with Crippen molar-refractivity contribution in [2.75, 3.05) is 20.2 Å². The minimum atomic E-state index is -5.60. The maximum absolute atomic E-state index is 11.0. The van der Waals surface area contributed by atoms with Crippen molar-refractivity contribution in [2.45, 2.75) is 6.08 Å². The number of hydrogen-bond donors (Lipinski definition) is 2. The molecule has 1 amide bonds. The van der Waals surface area contributed by atoms with Crippen molar-refractivity contribution in [1.29, 1.82) is 0 Å². The van der Waals surface area contributed by atoms with Crippen molar-refractivity contribution >= 4 is 46.0 Å². The van der Waals surface area contributed by atoms with E-state index in [2.05, 4.69) is 14.7 Å². The van der Waals surface area contributed by atoms with Gasteiger partial charge in [-0.2, -0.15) is 8.42 Å². The molecule has 0 bridgehead atoms. The third-order valence-corrected chi connectivity index (χ3v) is 2.13. The third-order valence-electron chi connectivity index (χ3n) is 1.76. The zero-order valence-corrected chi connectivity index (χ0v) is 14.4. The first-order valence-electron chi connectivity index (χ1n) is 7.64. The topological polar surface area (TPSA) is 134 Å². The van der Waals surface area contributed by atoms with Gasteiger partial charge in [-0.3, -0.25) is 4.55 Å². The molecule has 3 N–H and O–H groups in total. The van der Waals surface area contributed by atoms with E-state index >= 15 is 0 Å². The van der Waals surface area contributed by atoms with Gasteiger partial charge in [-0.25, -0.2) is 8.98 Å². The number of hydrogen-bond acceptors (Lipinski definition) is 7. The number of primary amides is 1. The number of carbonyl (C=O) groups is 1. The van der Waals surface area contributed by atoms with E-state index in [1.165, 1.54) is 25.3 Å². The Morgan fingerprint density at radius 3 is 2.50 bits per heavy atom. The minimum absolute atomic E-state index is 0. The first-order valence-corrected chi connectivity index (χ1v) is 6.50. The van der Waals surface area contributed by atoms with Crippen LogP contribution in [0.25, 0.3) is 0 Å². The number of methoxy groups -OCH3 is 1. The Kier molecular flexibility index (Phi) is 6.01. The number of ether oxygens (including phenoxy) is 3. The summed E-state index contributed by atoms with van der Waals surface area (Å²) < 4.78 is 86.9. The van der Waals surface area contributed by atoms with Crippen LogP contribution in [0.15, 0.2) is 24.3 Å². The summed E-state index contributed by atoms with van der Waals surface area (Å²) in [6, 6.07) is 5.35. The standard InChI is InChI=1S/C11H15NO8S.Na/c1-17-9-4-2-3-5-10(9)18-6-8(7-19-11(12)13)20-21(14,15)16;/h2-5,8H,6-7H2,1H3,(H2,12,13)(H,14,15,16);/i6D2,7D2,8D;. The van der Waals surface area contributed by atoms with E-state index in [1.807, 2.05) is 0 Å². The zero-order chi connectivity index (χ0) is 20.4. The predicted octanol–water partition coefficient (Wildman–Crippen LogP) is -0.0235. The molecule has 119 valence electrons. The fraction of sp³-hybridized carbons (Fsp3) is 0.364. The van der Waals surface area contributed by atoms with Crippen molar-refractivity contribution in [2.24, 2.45) is 5.73 Å².